The lowest BCUT2D eigenvalue weighted by atomic mass is 10.1. The smallest absolute Gasteiger partial charge is 0.251 e. The number of carbonyl (C=O) groups excluding carboxylic acids is 3. The molecule has 2 N–H and O–H groups in total. The minimum absolute atomic E-state index is 0.0428. The zero-order valence-corrected chi connectivity index (χ0v) is 14.2. The number of benzene rings is 1. The van der Waals surface area contributed by atoms with Gasteiger partial charge < -0.3 is 15.5 Å². The third-order valence-corrected chi connectivity index (χ3v) is 3.92. The average Bonchev–Trinajstić information content (AvgIpc) is 2.92. The van der Waals surface area contributed by atoms with Crippen LogP contribution in [0, 0.1) is 11.8 Å². The molecule has 1 aliphatic rings. The summed E-state index contributed by atoms with van der Waals surface area (Å²) >= 11 is 0. The summed E-state index contributed by atoms with van der Waals surface area (Å²) in [6.07, 6.45) is 0.273. The number of carbonyl (C=O) groups is 3. The van der Waals surface area contributed by atoms with E-state index in [2.05, 4.69) is 24.5 Å². The van der Waals surface area contributed by atoms with E-state index in [-0.39, 0.29) is 30.1 Å². The van der Waals surface area contributed by atoms with Crippen LogP contribution in [0.25, 0.3) is 0 Å². The highest BCUT2D eigenvalue weighted by molar-refractivity contribution is 5.94. The van der Waals surface area contributed by atoms with Crippen molar-refractivity contribution in [1.82, 2.24) is 15.5 Å². The second-order valence-electron chi connectivity index (χ2n) is 6.51. The second-order valence-corrected chi connectivity index (χ2v) is 6.51. The van der Waals surface area contributed by atoms with Gasteiger partial charge in [0.1, 0.15) is 0 Å². The highest BCUT2D eigenvalue weighted by Gasteiger charge is 2.34. The van der Waals surface area contributed by atoms with Gasteiger partial charge in [0.25, 0.3) is 5.91 Å². The van der Waals surface area contributed by atoms with Gasteiger partial charge in [-0.15, -0.1) is 0 Å². The van der Waals surface area contributed by atoms with Crippen molar-refractivity contribution in [2.45, 2.75) is 20.3 Å². The largest absolute Gasteiger partial charge is 0.354 e. The van der Waals surface area contributed by atoms with Crippen molar-refractivity contribution in [1.29, 1.82) is 0 Å². The van der Waals surface area contributed by atoms with E-state index in [0.29, 0.717) is 37.7 Å². The Labute approximate surface area is 142 Å². The lowest BCUT2D eigenvalue weighted by Gasteiger charge is -2.18. The highest BCUT2D eigenvalue weighted by atomic mass is 16.2. The van der Waals surface area contributed by atoms with Gasteiger partial charge in [0.05, 0.1) is 5.92 Å². The molecule has 0 spiro atoms. The molecule has 3 amide bonds. The number of hydrogen-bond donors (Lipinski definition) is 2. The van der Waals surface area contributed by atoms with Gasteiger partial charge in [0, 0.05) is 38.2 Å². The maximum atomic E-state index is 12.1. The molecule has 0 saturated carbocycles. The molecule has 1 aromatic rings. The third kappa shape index (κ3) is 5.08. The van der Waals surface area contributed by atoms with Crippen LogP contribution in [0.15, 0.2) is 30.3 Å². The standard InChI is InChI=1S/C18H25N3O3/c1-13(2)11-21-12-15(10-16(21)22)18(24)20-9-8-19-17(23)14-6-4-3-5-7-14/h3-7,13,15H,8-12H2,1-2H3,(H,19,23)(H,20,24)/t15-/m1/s1. The van der Waals surface area contributed by atoms with Crippen molar-refractivity contribution in [3.8, 4) is 0 Å². The number of likely N-dealkylation sites (tertiary alicyclic amines) is 1. The predicted molar refractivity (Wildman–Crippen MR) is 91.3 cm³/mol. The van der Waals surface area contributed by atoms with E-state index in [1.165, 1.54) is 0 Å². The summed E-state index contributed by atoms with van der Waals surface area (Å²) in [5, 5.41) is 5.55. The van der Waals surface area contributed by atoms with Crippen LogP contribution >= 0.6 is 0 Å². The molecule has 0 aromatic heterocycles. The summed E-state index contributed by atoms with van der Waals surface area (Å²) in [6, 6.07) is 8.93. The molecule has 6 nitrogen and oxygen atoms in total. The van der Waals surface area contributed by atoms with Gasteiger partial charge in [-0.2, -0.15) is 0 Å². The zero-order chi connectivity index (χ0) is 17.5. The number of hydrogen-bond acceptors (Lipinski definition) is 3. The Morgan fingerprint density at radius 1 is 1.17 bits per heavy atom. The molecule has 130 valence electrons. The molecule has 1 heterocycles. The van der Waals surface area contributed by atoms with E-state index in [1.807, 2.05) is 6.07 Å². The van der Waals surface area contributed by atoms with Crippen molar-refractivity contribution < 1.29 is 14.4 Å². The Kier molecular flexibility index (Phi) is 6.35. The Balaban J connectivity index is 1.68. The number of nitrogens with one attached hydrogen (secondary N) is 2. The van der Waals surface area contributed by atoms with E-state index in [4.69, 9.17) is 0 Å². The maximum Gasteiger partial charge on any atom is 0.251 e. The first-order valence-corrected chi connectivity index (χ1v) is 8.36. The predicted octanol–water partition coefficient (Wildman–Crippen LogP) is 1.04. The third-order valence-electron chi connectivity index (χ3n) is 3.92. The summed E-state index contributed by atoms with van der Waals surface area (Å²) in [6.45, 7) is 5.99. The van der Waals surface area contributed by atoms with E-state index >= 15 is 0 Å². The fourth-order valence-electron chi connectivity index (χ4n) is 2.76. The van der Waals surface area contributed by atoms with Gasteiger partial charge in [-0.25, -0.2) is 0 Å². The van der Waals surface area contributed by atoms with Crippen LogP contribution in [0.5, 0.6) is 0 Å². The number of amides is 3. The van der Waals surface area contributed by atoms with E-state index in [0.717, 1.165) is 0 Å². The van der Waals surface area contributed by atoms with Crippen LogP contribution in [-0.4, -0.2) is 48.8 Å². The van der Waals surface area contributed by atoms with E-state index in [9.17, 15) is 14.4 Å². The quantitative estimate of drug-likeness (QED) is 0.733. The minimum atomic E-state index is -0.291. The van der Waals surface area contributed by atoms with Crippen LogP contribution < -0.4 is 10.6 Å². The molecule has 0 unspecified atom stereocenters. The molecule has 1 fully saturated rings. The average molecular weight is 331 g/mol. The fraction of sp³-hybridized carbons (Fsp3) is 0.500. The molecule has 1 atom stereocenters. The van der Waals surface area contributed by atoms with Crippen LogP contribution in [0.3, 0.4) is 0 Å². The number of nitrogens with zero attached hydrogens (tertiary/aromatic N) is 1. The van der Waals surface area contributed by atoms with Crippen molar-refractivity contribution in [3.05, 3.63) is 35.9 Å². The summed E-state index contributed by atoms with van der Waals surface area (Å²) < 4.78 is 0. The van der Waals surface area contributed by atoms with Gasteiger partial charge in [0.2, 0.25) is 11.8 Å². The van der Waals surface area contributed by atoms with Gasteiger partial charge in [0.15, 0.2) is 0 Å². The molecule has 1 aliphatic heterocycles. The van der Waals surface area contributed by atoms with Crippen molar-refractivity contribution in [2.24, 2.45) is 11.8 Å². The van der Waals surface area contributed by atoms with Gasteiger partial charge in [-0.1, -0.05) is 32.0 Å². The van der Waals surface area contributed by atoms with Gasteiger partial charge in [-0.3, -0.25) is 14.4 Å². The Morgan fingerprint density at radius 2 is 1.83 bits per heavy atom. The number of rotatable bonds is 7. The molecular weight excluding hydrogens is 306 g/mol. The molecule has 0 radical (unpaired) electrons. The van der Waals surface area contributed by atoms with E-state index < -0.39 is 0 Å². The van der Waals surface area contributed by atoms with Crippen molar-refractivity contribution in [2.75, 3.05) is 26.2 Å². The van der Waals surface area contributed by atoms with Crippen LogP contribution in [0.2, 0.25) is 0 Å². The summed E-state index contributed by atoms with van der Waals surface area (Å²) in [7, 11) is 0. The molecule has 2 rings (SSSR count). The first-order chi connectivity index (χ1) is 11.5. The molecule has 6 heteroatoms. The first kappa shape index (κ1) is 18.0. The SMILES string of the molecule is CC(C)CN1C[C@H](C(=O)NCCNC(=O)c2ccccc2)CC1=O. The first-order valence-electron chi connectivity index (χ1n) is 8.36. The highest BCUT2D eigenvalue weighted by Crippen LogP contribution is 2.18. The lowest BCUT2D eigenvalue weighted by Crippen LogP contribution is -2.38. The topological polar surface area (TPSA) is 78.5 Å². The Bertz CT molecular complexity index is 586. The second kappa shape index (κ2) is 8.47. The molecule has 0 bridgehead atoms. The minimum Gasteiger partial charge on any atom is -0.354 e. The van der Waals surface area contributed by atoms with Crippen LogP contribution in [-0.2, 0) is 9.59 Å². The molecule has 24 heavy (non-hydrogen) atoms. The Morgan fingerprint density at radius 3 is 2.50 bits per heavy atom. The van der Waals surface area contributed by atoms with Crippen LogP contribution in [0.1, 0.15) is 30.6 Å². The summed E-state index contributed by atoms with van der Waals surface area (Å²) in [5.41, 5.74) is 0.592. The molecular formula is C18H25N3O3. The monoisotopic (exact) mass is 331 g/mol. The van der Waals surface area contributed by atoms with E-state index in [1.54, 1.807) is 29.2 Å². The zero-order valence-electron chi connectivity index (χ0n) is 14.2. The van der Waals surface area contributed by atoms with Crippen molar-refractivity contribution >= 4 is 17.7 Å². The van der Waals surface area contributed by atoms with Crippen molar-refractivity contribution in [3.63, 3.8) is 0 Å². The van der Waals surface area contributed by atoms with Gasteiger partial charge in [-0.05, 0) is 18.1 Å². The fourth-order valence-corrected chi connectivity index (χ4v) is 2.76. The lowest BCUT2D eigenvalue weighted by molar-refractivity contribution is -0.129. The summed E-state index contributed by atoms with van der Waals surface area (Å²) in [4.78, 5) is 37.6. The van der Waals surface area contributed by atoms with Gasteiger partial charge >= 0.3 is 0 Å². The van der Waals surface area contributed by atoms with Crippen LogP contribution in [0.4, 0.5) is 0 Å². The molecule has 1 saturated heterocycles. The molecule has 0 aliphatic carbocycles. The maximum absolute atomic E-state index is 12.1. The normalized spacial score (nSPS) is 17.2. The molecule has 1 aromatic carbocycles. The summed E-state index contributed by atoms with van der Waals surface area (Å²) in [5.74, 6) is -0.140. The Hall–Kier alpha value is -2.37.